The summed E-state index contributed by atoms with van der Waals surface area (Å²) in [6.07, 6.45) is 12.4. The molecule has 2 aliphatic rings. The SMILES string of the molecule is C=C/C=C(\C=C)CNC(=C)C1CCCN1C.C=CCN1CCCC1=C.CC(N)c1ccccc1. The molecule has 4 nitrogen and oxygen atoms in total. The zero-order valence-corrected chi connectivity index (χ0v) is 21.5. The Morgan fingerprint density at radius 3 is 2.32 bits per heavy atom. The van der Waals surface area contributed by atoms with E-state index in [0.717, 1.165) is 24.4 Å². The molecule has 186 valence electrons. The Hall–Kier alpha value is -2.82. The molecule has 34 heavy (non-hydrogen) atoms. The molecule has 3 rings (SSSR count). The molecule has 0 aliphatic carbocycles. The van der Waals surface area contributed by atoms with Crippen molar-refractivity contribution in [2.75, 3.05) is 33.2 Å². The summed E-state index contributed by atoms with van der Waals surface area (Å²) in [6.45, 7) is 25.2. The summed E-state index contributed by atoms with van der Waals surface area (Å²) in [4.78, 5) is 4.62. The molecule has 0 amide bonds. The third-order valence-corrected chi connectivity index (χ3v) is 6.05. The van der Waals surface area contributed by atoms with E-state index in [1.165, 1.54) is 50.0 Å². The van der Waals surface area contributed by atoms with Gasteiger partial charge in [-0.25, -0.2) is 0 Å². The smallest absolute Gasteiger partial charge is 0.0486 e. The zero-order chi connectivity index (χ0) is 25.3. The summed E-state index contributed by atoms with van der Waals surface area (Å²) in [6, 6.07) is 10.7. The molecule has 2 atom stereocenters. The maximum Gasteiger partial charge on any atom is 0.0486 e. The Labute approximate surface area is 208 Å². The van der Waals surface area contributed by atoms with E-state index in [2.05, 4.69) is 55.1 Å². The van der Waals surface area contributed by atoms with Gasteiger partial charge in [0.15, 0.2) is 0 Å². The minimum atomic E-state index is 0.159. The van der Waals surface area contributed by atoms with Crippen LogP contribution in [-0.4, -0.2) is 49.1 Å². The summed E-state index contributed by atoms with van der Waals surface area (Å²) < 4.78 is 0. The Kier molecular flexibility index (Phi) is 14.4. The number of allylic oxidation sites excluding steroid dienone is 3. The van der Waals surface area contributed by atoms with Crippen LogP contribution in [0.2, 0.25) is 0 Å². The summed E-state index contributed by atoms with van der Waals surface area (Å²) in [5.74, 6) is 0. The highest BCUT2D eigenvalue weighted by Crippen LogP contribution is 2.19. The molecule has 0 radical (unpaired) electrons. The summed E-state index contributed by atoms with van der Waals surface area (Å²) in [5, 5.41) is 3.37. The minimum Gasteiger partial charge on any atom is -0.383 e. The van der Waals surface area contributed by atoms with Crippen molar-refractivity contribution < 1.29 is 0 Å². The summed E-state index contributed by atoms with van der Waals surface area (Å²) in [7, 11) is 2.15. The van der Waals surface area contributed by atoms with Crippen LogP contribution in [0.5, 0.6) is 0 Å². The van der Waals surface area contributed by atoms with Crippen molar-refractivity contribution in [3.63, 3.8) is 0 Å². The molecule has 2 aliphatic heterocycles. The van der Waals surface area contributed by atoms with E-state index in [4.69, 9.17) is 5.73 Å². The molecule has 2 heterocycles. The highest BCUT2D eigenvalue weighted by Gasteiger charge is 2.23. The van der Waals surface area contributed by atoms with Gasteiger partial charge >= 0.3 is 0 Å². The highest BCUT2D eigenvalue weighted by atomic mass is 15.2. The fourth-order valence-corrected chi connectivity index (χ4v) is 3.96. The van der Waals surface area contributed by atoms with Crippen molar-refractivity contribution in [3.8, 4) is 0 Å². The molecule has 2 saturated heterocycles. The Morgan fingerprint density at radius 2 is 1.88 bits per heavy atom. The quantitative estimate of drug-likeness (QED) is 0.350. The number of likely N-dealkylation sites (N-methyl/N-ethyl adjacent to an activating group) is 1. The zero-order valence-electron chi connectivity index (χ0n) is 21.5. The normalized spacial score (nSPS) is 18.7. The van der Waals surface area contributed by atoms with Gasteiger partial charge in [-0.05, 0) is 57.3 Å². The Morgan fingerprint density at radius 1 is 1.18 bits per heavy atom. The average molecular weight is 463 g/mol. The first kappa shape index (κ1) is 29.2. The second-order valence-corrected chi connectivity index (χ2v) is 8.80. The predicted octanol–water partition coefficient (Wildman–Crippen LogP) is 5.97. The minimum absolute atomic E-state index is 0.159. The Bertz CT molecular complexity index is 806. The highest BCUT2D eigenvalue weighted by molar-refractivity contribution is 5.24. The van der Waals surface area contributed by atoms with Gasteiger partial charge in [0.05, 0.1) is 0 Å². The number of nitrogens with zero attached hydrogens (tertiary/aromatic N) is 2. The van der Waals surface area contributed by atoms with Crippen molar-refractivity contribution >= 4 is 0 Å². The number of hydrogen-bond acceptors (Lipinski definition) is 4. The molecule has 1 aromatic rings. The Balaban J connectivity index is 0.000000274. The van der Waals surface area contributed by atoms with Crippen LogP contribution in [0.4, 0.5) is 0 Å². The largest absolute Gasteiger partial charge is 0.383 e. The number of nitrogens with one attached hydrogen (secondary N) is 1. The van der Waals surface area contributed by atoms with Crippen molar-refractivity contribution in [1.29, 1.82) is 0 Å². The maximum absolute atomic E-state index is 5.61. The van der Waals surface area contributed by atoms with E-state index in [1.807, 2.05) is 55.5 Å². The van der Waals surface area contributed by atoms with E-state index in [0.29, 0.717) is 6.04 Å². The van der Waals surface area contributed by atoms with Gasteiger partial charge in [0.1, 0.15) is 0 Å². The first-order valence-electron chi connectivity index (χ1n) is 12.2. The van der Waals surface area contributed by atoms with Crippen molar-refractivity contribution in [1.82, 2.24) is 15.1 Å². The molecule has 0 aromatic heterocycles. The van der Waals surface area contributed by atoms with E-state index in [9.17, 15) is 0 Å². The van der Waals surface area contributed by atoms with Gasteiger partial charge < -0.3 is 16.0 Å². The number of rotatable bonds is 9. The van der Waals surface area contributed by atoms with Gasteiger partial charge in [0, 0.05) is 43.1 Å². The van der Waals surface area contributed by atoms with Gasteiger partial charge in [-0.15, -0.1) is 6.58 Å². The molecule has 0 bridgehead atoms. The lowest BCUT2D eigenvalue weighted by Gasteiger charge is -2.23. The molecular formula is C30H46N4. The van der Waals surface area contributed by atoms with Gasteiger partial charge in [-0.3, -0.25) is 4.90 Å². The van der Waals surface area contributed by atoms with Crippen LogP contribution in [0, 0.1) is 0 Å². The molecule has 2 unspecified atom stereocenters. The van der Waals surface area contributed by atoms with Crippen molar-refractivity contribution in [2.45, 2.75) is 44.7 Å². The number of benzene rings is 1. The summed E-state index contributed by atoms with van der Waals surface area (Å²) in [5.41, 5.74) is 10.3. The lowest BCUT2D eigenvalue weighted by atomic mass is 10.1. The molecule has 1 aromatic carbocycles. The average Bonchev–Trinajstić information content (AvgIpc) is 3.46. The van der Waals surface area contributed by atoms with Crippen LogP contribution in [0.25, 0.3) is 0 Å². The van der Waals surface area contributed by atoms with E-state index in [-0.39, 0.29) is 6.04 Å². The standard InChI is InChI=1S/C14H22N2.C8H11N.C8H13N/c1-5-8-13(6-2)11-15-12(3)14-9-7-10-16(14)4;1-7(9)8-5-3-2-4-6-8;1-3-6-9-7-4-5-8(9)2/h5-6,8,14-15H,1-3,7,9-11H2,4H3;2-7H,9H2,1H3;3H,1-2,4-7H2/b13-8+;;. The maximum atomic E-state index is 5.61. The second-order valence-electron chi connectivity index (χ2n) is 8.80. The topological polar surface area (TPSA) is 44.5 Å². The van der Waals surface area contributed by atoms with Crippen LogP contribution in [0.15, 0.2) is 104 Å². The van der Waals surface area contributed by atoms with Crippen LogP contribution in [0.1, 0.15) is 44.2 Å². The molecule has 3 N–H and O–H groups in total. The fraction of sp³-hybridized carbons (Fsp3) is 0.400. The van der Waals surface area contributed by atoms with Crippen molar-refractivity contribution in [2.24, 2.45) is 5.73 Å². The van der Waals surface area contributed by atoms with Gasteiger partial charge in [-0.2, -0.15) is 0 Å². The fourth-order valence-electron chi connectivity index (χ4n) is 3.96. The van der Waals surface area contributed by atoms with Crippen molar-refractivity contribution in [3.05, 3.63) is 110 Å². The first-order valence-corrected chi connectivity index (χ1v) is 12.2. The molecule has 0 spiro atoms. The lowest BCUT2D eigenvalue weighted by molar-refractivity contribution is 0.335. The third kappa shape index (κ3) is 10.9. The number of nitrogens with two attached hydrogens (primary N) is 1. The van der Waals surface area contributed by atoms with Crippen LogP contribution in [0.3, 0.4) is 0 Å². The lowest BCUT2D eigenvalue weighted by Crippen LogP contribution is -2.33. The van der Waals surface area contributed by atoms with E-state index < -0.39 is 0 Å². The van der Waals surface area contributed by atoms with E-state index in [1.54, 1.807) is 6.08 Å². The second kappa shape index (κ2) is 16.7. The monoisotopic (exact) mass is 462 g/mol. The van der Waals surface area contributed by atoms with E-state index >= 15 is 0 Å². The molecular weight excluding hydrogens is 416 g/mol. The van der Waals surface area contributed by atoms with Gasteiger partial charge in [-0.1, -0.05) is 81.0 Å². The third-order valence-electron chi connectivity index (χ3n) is 6.05. The number of hydrogen-bond donors (Lipinski definition) is 2. The first-order chi connectivity index (χ1) is 16.3. The van der Waals surface area contributed by atoms with Crippen LogP contribution in [-0.2, 0) is 0 Å². The van der Waals surface area contributed by atoms with Crippen LogP contribution >= 0.6 is 0 Å². The predicted molar refractivity (Wildman–Crippen MR) is 150 cm³/mol. The van der Waals surface area contributed by atoms with Gasteiger partial charge in [0.25, 0.3) is 0 Å². The summed E-state index contributed by atoms with van der Waals surface area (Å²) >= 11 is 0. The molecule has 2 fully saturated rings. The van der Waals surface area contributed by atoms with Crippen LogP contribution < -0.4 is 11.1 Å². The van der Waals surface area contributed by atoms with Gasteiger partial charge in [0.2, 0.25) is 0 Å². The molecule has 0 saturated carbocycles. The molecule has 4 heteroatoms. The number of likely N-dealkylation sites (tertiary alicyclic amines) is 2.